The van der Waals surface area contributed by atoms with Gasteiger partial charge >= 0.3 is 0 Å². The summed E-state index contributed by atoms with van der Waals surface area (Å²) in [6.45, 7) is 0. The minimum atomic E-state index is -0.275. The van der Waals surface area contributed by atoms with Gasteiger partial charge in [-0.25, -0.2) is 0 Å². The monoisotopic (exact) mass is 333 g/mol. The molecule has 110 valence electrons. The largest absolute Gasteiger partial charge is 0.494 e. The van der Waals surface area contributed by atoms with Crippen LogP contribution < -0.4 is 0 Å². The Labute approximate surface area is 135 Å². The number of carbonyl (C=O) groups is 2. The van der Waals surface area contributed by atoms with E-state index >= 15 is 0 Å². The Morgan fingerprint density at radius 2 is 1.68 bits per heavy atom. The molecule has 0 saturated carbocycles. The van der Waals surface area contributed by atoms with Gasteiger partial charge in [0.2, 0.25) is 5.88 Å². The van der Waals surface area contributed by atoms with Crippen LogP contribution in [0.15, 0.2) is 36.4 Å². The summed E-state index contributed by atoms with van der Waals surface area (Å²) in [5.74, 6) is -0.275. The van der Waals surface area contributed by atoms with Crippen molar-refractivity contribution in [2.75, 3.05) is 0 Å². The summed E-state index contributed by atoms with van der Waals surface area (Å²) in [5, 5.41) is 11.5. The normalized spacial score (nSPS) is 10.8. The SMILES string of the molecule is O=Cc1ccc2c(C=O)c(O)n(-c3c(Cl)cccc3Cl)c2c1. The lowest BCUT2D eigenvalue weighted by Crippen LogP contribution is -1.96. The van der Waals surface area contributed by atoms with Gasteiger partial charge in [0.05, 0.1) is 26.8 Å². The zero-order valence-corrected chi connectivity index (χ0v) is 12.6. The molecule has 0 atom stereocenters. The van der Waals surface area contributed by atoms with Gasteiger partial charge in [-0.05, 0) is 18.2 Å². The number of aromatic hydroxyl groups is 1. The van der Waals surface area contributed by atoms with Crippen molar-refractivity contribution in [3.05, 3.63) is 57.6 Å². The Morgan fingerprint density at radius 3 is 2.27 bits per heavy atom. The fourth-order valence-electron chi connectivity index (χ4n) is 2.43. The lowest BCUT2D eigenvalue weighted by molar-refractivity contribution is 0.111. The maximum atomic E-state index is 11.3. The quantitative estimate of drug-likeness (QED) is 0.728. The Kier molecular flexibility index (Phi) is 3.64. The van der Waals surface area contributed by atoms with Crippen molar-refractivity contribution in [1.82, 2.24) is 4.57 Å². The highest BCUT2D eigenvalue weighted by molar-refractivity contribution is 6.38. The van der Waals surface area contributed by atoms with Gasteiger partial charge in [0.1, 0.15) is 6.29 Å². The number of fused-ring (bicyclic) bond motifs is 1. The van der Waals surface area contributed by atoms with Crippen molar-refractivity contribution in [2.45, 2.75) is 0 Å². The molecular formula is C16H9Cl2NO3. The molecule has 0 aliphatic carbocycles. The zero-order chi connectivity index (χ0) is 15.9. The van der Waals surface area contributed by atoms with Crippen molar-refractivity contribution in [3.63, 3.8) is 0 Å². The minimum absolute atomic E-state index is 0.114. The van der Waals surface area contributed by atoms with Crippen molar-refractivity contribution >= 4 is 46.7 Å². The summed E-state index contributed by atoms with van der Waals surface area (Å²) in [7, 11) is 0. The molecule has 0 unspecified atom stereocenters. The summed E-state index contributed by atoms with van der Waals surface area (Å²) >= 11 is 12.4. The number of hydrogen-bond donors (Lipinski definition) is 1. The molecule has 4 nitrogen and oxygen atoms in total. The number of para-hydroxylation sites is 1. The highest BCUT2D eigenvalue weighted by Gasteiger charge is 2.21. The van der Waals surface area contributed by atoms with E-state index < -0.39 is 0 Å². The van der Waals surface area contributed by atoms with Crippen LogP contribution in [-0.2, 0) is 0 Å². The van der Waals surface area contributed by atoms with E-state index in [1.54, 1.807) is 36.4 Å². The van der Waals surface area contributed by atoms with Crippen LogP contribution >= 0.6 is 23.2 Å². The number of rotatable bonds is 3. The molecule has 0 saturated heterocycles. The van der Waals surface area contributed by atoms with Crippen LogP contribution in [0.4, 0.5) is 0 Å². The highest BCUT2D eigenvalue weighted by atomic mass is 35.5. The van der Waals surface area contributed by atoms with Crippen molar-refractivity contribution in [2.24, 2.45) is 0 Å². The van der Waals surface area contributed by atoms with E-state index in [0.717, 1.165) is 0 Å². The van der Waals surface area contributed by atoms with E-state index in [1.807, 2.05) is 0 Å². The van der Waals surface area contributed by atoms with E-state index in [-0.39, 0.29) is 11.4 Å². The Bertz CT molecular complexity index is 895. The maximum Gasteiger partial charge on any atom is 0.207 e. The maximum absolute atomic E-state index is 11.3. The first kappa shape index (κ1) is 14.6. The Hall–Kier alpha value is -2.30. The Balaban J connectivity index is 2.50. The number of halogens is 2. The summed E-state index contributed by atoms with van der Waals surface area (Å²) in [6.07, 6.45) is 1.24. The number of aromatic nitrogens is 1. The molecule has 0 aliphatic rings. The standard InChI is InChI=1S/C16H9Cl2NO3/c17-12-2-1-3-13(18)15(12)19-14-6-9(7-20)4-5-10(14)11(8-21)16(19)22/h1-8,22H. The van der Waals surface area contributed by atoms with Gasteiger partial charge in [0.15, 0.2) is 6.29 Å². The third-order valence-electron chi connectivity index (χ3n) is 3.42. The van der Waals surface area contributed by atoms with Crippen molar-refractivity contribution < 1.29 is 14.7 Å². The molecule has 3 aromatic rings. The van der Waals surface area contributed by atoms with E-state index in [9.17, 15) is 14.7 Å². The molecule has 3 rings (SSSR count). The Morgan fingerprint density at radius 1 is 1.00 bits per heavy atom. The average Bonchev–Trinajstić information content (AvgIpc) is 2.78. The van der Waals surface area contributed by atoms with Crippen LogP contribution in [0.3, 0.4) is 0 Å². The van der Waals surface area contributed by atoms with Crippen LogP contribution in [-0.4, -0.2) is 22.2 Å². The van der Waals surface area contributed by atoms with Gasteiger partial charge in [-0.1, -0.05) is 41.4 Å². The second-order valence-electron chi connectivity index (χ2n) is 4.66. The van der Waals surface area contributed by atoms with Crippen LogP contribution in [0.25, 0.3) is 16.6 Å². The number of benzene rings is 2. The predicted molar refractivity (Wildman–Crippen MR) is 85.7 cm³/mol. The summed E-state index contributed by atoms with van der Waals surface area (Å²) in [4.78, 5) is 22.3. The fourth-order valence-corrected chi connectivity index (χ4v) is 3.00. The summed E-state index contributed by atoms with van der Waals surface area (Å²) in [6, 6.07) is 9.66. The van der Waals surface area contributed by atoms with Crippen molar-refractivity contribution in [3.8, 4) is 11.6 Å². The molecule has 22 heavy (non-hydrogen) atoms. The van der Waals surface area contributed by atoms with Crippen LogP contribution in [0, 0.1) is 0 Å². The van der Waals surface area contributed by atoms with Gasteiger partial charge in [-0.3, -0.25) is 14.2 Å². The molecule has 1 aromatic heterocycles. The zero-order valence-electron chi connectivity index (χ0n) is 11.1. The topological polar surface area (TPSA) is 59.3 Å². The number of carbonyl (C=O) groups excluding carboxylic acids is 2. The smallest absolute Gasteiger partial charge is 0.207 e. The third kappa shape index (κ3) is 2.08. The van der Waals surface area contributed by atoms with E-state index in [0.29, 0.717) is 44.8 Å². The molecule has 2 aromatic carbocycles. The number of nitrogens with zero attached hydrogens (tertiary/aromatic N) is 1. The first-order valence-corrected chi connectivity index (χ1v) is 7.06. The van der Waals surface area contributed by atoms with E-state index in [1.165, 1.54) is 4.57 Å². The molecule has 0 fully saturated rings. The second kappa shape index (κ2) is 5.48. The molecule has 0 amide bonds. The van der Waals surface area contributed by atoms with Gasteiger partial charge in [-0.2, -0.15) is 0 Å². The number of aldehydes is 2. The van der Waals surface area contributed by atoms with Crippen LogP contribution in [0.1, 0.15) is 20.7 Å². The summed E-state index contributed by atoms with van der Waals surface area (Å²) in [5.41, 5.74) is 1.35. The highest BCUT2D eigenvalue weighted by Crippen LogP contribution is 2.38. The van der Waals surface area contributed by atoms with Crippen LogP contribution in [0.2, 0.25) is 10.0 Å². The molecule has 1 heterocycles. The molecule has 0 radical (unpaired) electrons. The molecular weight excluding hydrogens is 325 g/mol. The van der Waals surface area contributed by atoms with Crippen LogP contribution in [0.5, 0.6) is 5.88 Å². The molecule has 0 aliphatic heterocycles. The summed E-state index contributed by atoms with van der Waals surface area (Å²) < 4.78 is 1.37. The molecule has 1 N–H and O–H groups in total. The van der Waals surface area contributed by atoms with Gasteiger partial charge < -0.3 is 5.11 Å². The molecule has 0 bridgehead atoms. The molecule has 6 heteroatoms. The van der Waals surface area contributed by atoms with Gasteiger partial charge in [0.25, 0.3) is 0 Å². The number of hydrogen-bond acceptors (Lipinski definition) is 3. The first-order chi connectivity index (χ1) is 10.6. The van der Waals surface area contributed by atoms with Gasteiger partial charge in [0, 0.05) is 10.9 Å². The third-order valence-corrected chi connectivity index (χ3v) is 4.03. The predicted octanol–water partition coefficient (Wildman–Crippen LogP) is 4.27. The van der Waals surface area contributed by atoms with E-state index in [2.05, 4.69) is 0 Å². The average molecular weight is 334 g/mol. The lowest BCUT2D eigenvalue weighted by Gasteiger charge is -2.11. The lowest BCUT2D eigenvalue weighted by atomic mass is 10.1. The fraction of sp³-hybridized carbons (Fsp3) is 0. The van der Waals surface area contributed by atoms with Gasteiger partial charge in [-0.15, -0.1) is 0 Å². The molecule has 0 spiro atoms. The first-order valence-electron chi connectivity index (χ1n) is 6.30. The minimum Gasteiger partial charge on any atom is -0.494 e. The second-order valence-corrected chi connectivity index (χ2v) is 5.47. The van der Waals surface area contributed by atoms with Crippen molar-refractivity contribution in [1.29, 1.82) is 0 Å². The van der Waals surface area contributed by atoms with E-state index in [4.69, 9.17) is 23.2 Å².